The van der Waals surface area contributed by atoms with E-state index in [2.05, 4.69) is 10.3 Å². The number of nitrogens with zero attached hydrogens (tertiary/aromatic N) is 1. The molecule has 1 fully saturated rings. The number of aromatic nitrogens is 1. The Morgan fingerprint density at radius 3 is 2.31 bits per heavy atom. The summed E-state index contributed by atoms with van der Waals surface area (Å²) < 4.78 is 0. The zero-order valence-corrected chi connectivity index (χ0v) is 10.6. The summed E-state index contributed by atoms with van der Waals surface area (Å²) >= 11 is 0. The summed E-state index contributed by atoms with van der Waals surface area (Å²) in [6.45, 7) is 2.04. The second-order valence-corrected chi connectivity index (χ2v) is 3.81. The van der Waals surface area contributed by atoms with Gasteiger partial charge in [-0.1, -0.05) is 0 Å². The molecular formula is C11H18Cl2N2O. The van der Waals surface area contributed by atoms with E-state index in [4.69, 9.17) is 0 Å². The van der Waals surface area contributed by atoms with Gasteiger partial charge in [0.25, 0.3) is 0 Å². The number of aliphatic hydroxyl groups is 1. The van der Waals surface area contributed by atoms with Crippen LogP contribution in [0.25, 0.3) is 0 Å². The fraction of sp³-hybridized carbons (Fsp3) is 0.545. The highest BCUT2D eigenvalue weighted by Gasteiger charge is 2.22. The van der Waals surface area contributed by atoms with Gasteiger partial charge in [-0.2, -0.15) is 0 Å². The van der Waals surface area contributed by atoms with E-state index in [1.807, 2.05) is 12.1 Å². The molecule has 1 unspecified atom stereocenters. The molecule has 1 aliphatic heterocycles. The van der Waals surface area contributed by atoms with Gasteiger partial charge in [0, 0.05) is 12.4 Å². The fourth-order valence-corrected chi connectivity index (χ4v) is 1.99. The summed E-state index contributed by atoms with van der Waals surface area (Å²) in [6, 6.07) is 3.79. The van der Waals surface area contributed by atoms with E-state index in [-0.39, 0.29) is 30.9 Å². The van der Waals surface area contributed by atoms with Crippen molar-refractivity contribution in [2.75, 3.05) is 13.1 Å². The van der Waals surface area contributed by atoms with Gasteiger partial charge in [0.05, 0.1) is 6.10 Å². The summed E-state index contributed by atoms with van der Waals surface area (Å²) in [7, 11) is 0. The van der Waals surface area contributed by atoms with Crippen LogP contribution in [0.1, 0.15) is 24.5 Å². The van der Waals surface area contributed by atoms with Crippen molar-refractivity contribution in [3.05, 3.63) is 30.1 Å². The van der Waals surface area contributed by atoms with Crippen molar-refractivity contribution in [3.63, 3.8) is 0 Å². The van der Waals surface area contributed by atoms with Gasteiger partial charge >= 0.3 is 0 Å². The molecule has 0 saturated carbocycles. The molecule has 5 heteroatoms. The maximum Gasteiger partial charge on any atom is 0.0820 e. The zero-order chi connectivity index (χ0) is 9.80. The van der Waals surface area contributed by atoms with Crippen molar-refractivity contribution in [3.8, 4) is 0 Å². The molecule has 0 radical (unpaired) electrons. The highest BCUT2D eigenvalue weighted by Crippen LogP contribution is 2.27. The minimum Gasteiger partial charge on any atom is -0.388 e. The number of piperidine rings is 1. The normalized spacial score (nSPS) is 18.1. The third-order valence-electron chi connectivity index (χ3n) is 2.88. The van der Waals surface area contributed by atoms with Crippen LogP contribution in [-0.4, -0.2) is 23.2 Å². The third-order valence-corrected chi connectivity index (χ3v) is 2.88. The Hall–Kier alpha value is -0.350. The fourth-order valence-electron chi connectivity index (χ4n) is 1.99. The van der Waals surface area contributed by atoms with Gasteiger partial charge in [-0.25, -0.2) is 0 Å². The molecule has 0 amide bonds. The number of hydrogen-bond acceptors (Lipinski definition) is 3. The third kappa shape index (κ3) is 3.91. The second kappa shape index (κ2) is 7.85. The lowest BCUT2D eigenvalue weighted by Crippen LogP contribution is -2.30. The minimum atomic E-state index is -0.319. The monoisotopic (exact) mass is 264 g/mol. The van der Waals surface area contributed by atoms with Crippen LogP contribution in [0.15, 0.2) is 24.5 Å². The van der Waals surface area contributed by atoms with Gasteiger partial charge in [-0.15, -0.1) is 24.8 Å². The van der Waals surface area contributed by atoms with Crippen molar-refractivity contribution in [1.82, 2.24) is 10.3 Å². The Labute approximate surface area is 108 Å². The van der Waals surface area contributed by atoms with E-state index in [0.717, 1.165) is 31.5 Å². The summed E-state index contributed by atoms with van der Waals surface area (Å²) in [5.41, 5.74) is 0.993. The molecule has 16 heavy (non-hydrogen) atoms. The maximum absolute atomic E-state index is 10.1. The first-order chi connectivity index (χ1) is 6.88. The second-order valence-electron chi connectivity index (χ2n) is 3.81. The molecule has 0 bridgehead atoms. The quantitative estimate of drug-likeness (QED) is 0.859. The van der Waals surface area contributed by atoms with Crippen LogP contribution in [0, 0.1) is 5.92 Å². The first kappa shape index (κ1) is 15.7. The Kier molecular flexibility index (Phi) is 7.68. The Morgan fingerprint density at radius 1 is 1.19 bits per heavy atom. The number of nitrogens with one attached hydrogen (secondary N) is 1. The van der Waals surface area contributed by atoms with Crippen LogP contribution in [0.5, 0.6) is 0 Å². The molecule has 2 rings (SSSR count). The maximum atomic E-state index is 10.1. The molecule has 0 aromatic carbocycles. The van der Waals surface area contributed by atoms with E-state index in [1.165, 1.54) is 0 Å². The SMILES string of the molecule is Cl.Cl.OC(c1ccncc1)C1CCNCC1. The standard InChI is InChI=1S/C11H16N2O.2ClH/c14-11(9-1-5-12-6-2-9)10-3-7-13-8-4-10;;/h1-2,5-6,10-11,13-14H,3-4,7-8H2;2*1H. The van der Waals surface area contributed by atoms with Crippen LogP contribution < -0.4 is 5.32 Å². The van der Waals surface area contributed by atoms with Gasteiger partial charge in [-0.3, -0.25) is 4.98 Å². The molecule has 0 spiro atoms. The number of halogens is 2. The van der Waals surface area contributed by atoms with Crippen molar-refractivity contribution in [1.29, 1.82) is 0 Å². The Morgan fingerprint density at radius 2 is 1.75 bits per heavy atom. The molecule has 92 valence electrons. The molecule has 1 aromatic rings. The highest BCUT2D eigenvalue weighted by atomic mass is 35.5. The van der Waals surface area contributed by atoms with Crippen LogP contribution in [0.3, 0.4) is 0 Å². The largest absolute Gasteiger partial charge is 0.388 e. The van der Waals surface area contributed by atoms with Crippen LogP contribution in [0.2, 0.25) is 0 Å². The molecule has 2 heterocycles. The van der Waals surface area contributed by atoms with Gasteiger partial charge in [0.2, 0.25) is 0 Å². The highest BCUT2D eigenvalue weighted by molar-refractivity contribution is 5.85. The van der Waals surface area contributed by atoms with E-state index >= 15 is 0 Å². The number of pyridine rings is 1. The lowest BCUT2D eigenvalue weighted by atomic mass is 9.88. The van der Waals surface area contributed by atoms with Gasteiger partial charge < -0.3 is 10.4 Å². The summed E-state index contributed by atoms with van der Waals surface area (Å²) in [5, 5.41) is 13.4. The number of aliphatic hydroxyl groups excluding tert-OH is 1. The minimum absolute atomic E-state index is 0. The Bertz CT molecular complexity index is 279. The zero-order valence-electron chi connectivity index (χ0n) is 9.00. The molecule has 1 aliphatic rings. The van der Waals surface area contributed by atoms with Crippen LogP contribution in [-0.2, 0) is 0 Å². The topological polar surface area (TPSA) is 45.2 Å². The molecule has 1 aromatic heterocycles. The van der Waals surface area contributed by atoms with Crippen LogP contribution in [0.4, 0.5) is 0 Å². The van der Waals surface area contributed by atoms with Crippen LogP contribution >= 0.6 is 24.8 Å². The van der Waals surface area contributed by atoms with E-state index in [1.54, 1.807) is 12.4 Å². The smallest absolute Gasteiger partial charge is 0.0820 e. The van der Waals surface area contributed by atoms with Gasteiger partial charge in [0.1, 0.15) is 0 Å². The molecular weight excluding hydrogens is 247 g/mol. The lowest BCUT2D eigenvalue weighted by Gasteiger charge is -2.27. The lowest BCUT2D eigenvalue weighted by molar-refractivity contribution is 0.0888. The van der Waals surface area contributed by atoms with Crippen molar-refractivity contribution < 1.29 is 5.11 Å². The summed E-state index contributed by atoms with van der Waals surface area (Å²) in [4.78, 5) is 3.95. The molecule has 2 N–H and O–H groups in total. The molecule has 1 saturated heterocycles. The van der Waals surface area contributed by atoms with Gasteiger partial charge in [0.15, 0.2) is 0 Å². The van der Waals surface area contributed by atoms with Crippen molar-refractivity contribution in [2.24, 2.45) is 5.92 Å². The average Bonchev–Trinajstić information content (AvgIpc) is 2.30. The molecule has 0 aliphatic carbocycles. The van der Waals surface area contributed by atoms with E-state index < -0.39 is 0 Å². The number of rotatable bonds is 2. The molecule has 1 atom stereocenters. The van der Waals surface area contributed by atoms with Gasteiger partial charge in [-0.05, 0) is 49.5 Å². The van der Waals surface area contributed by atoms with E-state index in [0.29, 0.717) is 5.92 Å². The summed E-state index contributed by atoms with van der Waals surface area (Å²) in [5.74, 6) is 0.402. The van der Waals surface area contributed by atoms with E-state index in [9.17, 15) is 5.11 Å². The predicted molar refractivity (Wildman–Crippen MR) is 69.3 cm³/mol. The predicted octanol–water partition coefficient (Wildman–Crippen LogP) is 1.96. The Balaban J connectivity index is 0.00000112. The van der Waals surface area contributed by atoms with Crippen molar-refractivity contribution >= 4 is 24.8 Å². The first-order valence-corrected chi connectivity index (χ1v) is 5.16. The summed E-state index contributed by atoms with van der Waals surface area (Å²) in [6.07, 6.45) is 5.27. The molecule has 3 nitrogen and oxygen atoms in total. The van der Waals surface area contributed by atoms with Crippen molar-refractivity contribution in [2.45, 2.75) is 18.9 Å². The first-order valence-electron chi connectivity index (χ1n) is 5.16. The average molecular weight is 265 g/mol. The number of hydrogen-bond donors (Lipinski definition) is 2.